The van der Waals surface area contributed by atoms with Crippen LogP contribution in [0.5, 0.6) is 0 Å². The maximum atomic E-state index is 12.2. The Morgan fingerprint density at radius 3 is 2.49 bits per heavy atom. The van der Waals surface area contributed by atoms with Crippen molar-refractivity contribution in [1.82, 2.24) is 20.2 Å². The van der Waals surface area contributed by atoms with Gasteiger partial charge >= 0.3 is 0 Å². The molecule has 0 aliphatic carbocycles. The molecule has 2 N–H and O–H groups in total. The Bertz CT molecular complexity index is 1470. The molecule has 0 radical (unpaired) electrons. The van der Waals surface area contributed by atoms with Crippen LogP contribution in [-0.2, 0) is 20.9 Å². The monoisotopic (exact) mass is 633 g/mol. The third-order valence-corrected chi connectivity index (χ3v) is 8.14. The molecule has 9 nitrogen and oxygen atoms in total. The van der Waals surface area contributed by atoms with Crippen LogP contribution in [0.15, 0.2) is 84.0 Å². The van der Waals surface area contributed by atoms with Gasteiger partial charge in [0.2, 0.25) is 5.16 Å². The Morgan fingerprint density at radius 2 is 1.78 bits per heavy atom. The van der Waals surface area contributed by atoms with Gasteiger partial charge in [-0.25, -0.2) is 0 Å². The van der Waals surface area contributed by atoms with Crippen molar-refractivity contribution < 1.29 is 19.4 Å². The molecule has 214 valence electrons. The average Bonchev–Trinajstić information content (AvgIpc) is 3.45. The molecule has 0 saturated carbocycles. The van der Waals surface area contributed by atoms with Crippen molar-refractivity contribution in [2.45, 2.75) is 41.0 Å². The number of rotatable bonds is 8. The van der Waals surface area contributed by atoms with Crippen LogP contribution in [0.3, 0.4) is 0 Å². The lowest BCUT2D eigenvalue weighted by molar-refractivity contribution is -0.268. The van der Waals surface area contributed by atoms with Gasteiger partial charge in [0, 0.05) is 22.9 Å². The normalized spacial score (nSPS) is 21.0. The van der Waals surface area contributed by atoms with E-state index in [1.165, 1.54) is 11.8 Å². The Morgan fingerprint density at radius 1 is 1.02 bits per heavy atom. The highest BCUT2D eigenvalue weighted by atomic mass is 35.6. The zero-order chi connectivity index (χ0) is 29.0. The Kier molecular flexibility index (Phi) is 9.50. The number of hydrogen-bond acceptors (Lipinski definition) is 8. The molecule has 5 rings (SSSR count). The van der Waals surface area contributed by atoms with Crippen LogP contribution in [0, 0.1) is 5.92 Å². The lowest BCUT2D eigenvalue weighted by Gasteiger charge is -2.41. The number of benzene rings is 3. The minimum atomic E-state index is -2.10. The number of hydrogen-bond donors (Lipinski definition) is 2. The van der Waals surface area contributed by atoms with E-state index in [0.29, 0.717) is 22.2 Å². The third kappa shape index (κ3) is 7.21. The van der Waals surface area contributed by atoms with Crippen molar-refractivity contribution in [1.29, 1.82) is 0 Å². The number of tetrazole rings is 1. The zero-order valence-electron chi connectivity index (χ0n) is 21.7. The second-order valence-electron chi connectivity index (χ2n) is 9.42. The zero-order valence-corrected chi connectivity index (χ0v) is 24.8. The number of carbonyl (C=O) groups excluding carboxylic acids is 1. The first-order valence-electron chi connectivity index (χ1n) is 12.7. The Labute approximate surface area is 256 Å². The van der Waals surface area contributed by atoms with Gasteiger partial charge in [0.05, 0.1) is 24.5 Å². The van der Waals surface area contributed by atoms with Crippen molar-refractivity contribution in [2.24, 2.45) is 5.92 Å². The standard InChI is InChI=1S/C28H26Cl3N5O4S/c1-17-23(16-41-27-33-34-35-36(27)22-8-3-2-4-9-22)39-25(40-24(17)19-12-10-18(15-37)11-13-19)20-6-5-7-21(14-20)32-26(38)28(29,30)31/h2-14,17,23-25,37H,15-16H2,1H3,(H,32,38)/t17-,23+,24+,25+/m1/s1. The van der Waals surface area contributed by atoms with Crippen LogP contribution in [-0.4, -0.2) is 46.9 Å². The predicted molar refractivity (Wildman–Crippen MR) is 158 cm³/mol. The quantitative estimate of drug-likeness (QED) is 0.178. The molecule has 0 bridgehead atoms. The summed E-state index contributed by atoms with van der Waals surface area (Å²) in [5.41, 5.74) is 3.73. The summed E-state index contributed by atoms with van der Waals surface area (Å²) >= 11 is 18.7. The lowest BCUT2D eigenvalue weighted by Crippen LogP contribution is -2.38. The molecular weight excluding hydrogens is 609 g/mol. The van der Waals surface area contributed by atoms with Gasteiger partial charge in [0.25, 0.3) is 9.70 Å². The van der Waals surface area contributed by atoms with Gasteiger partial charge < -0.3 is 19.9 Å². The van der Waals surface area contributed by atoms with Gasteiger partial charge in [-0.1, -0.05) is 108 Å². The molecular formula is C28H26Cl3N5O4S. The molecule has 4 atom stereocenters. The molecule has 1 saturated heterocycles. The van der Waals surface area contributed by atoms with Crippen molar-refractivity contribution in [3.8, 4) is 5.69 Å². The summed E-state index contributed by atoms with van der Waals surface area (Å²) in [5, 5.41) is 25.0. The second-order valence-corrected chi connectivity index (χ2v) is 12.7. The Hall–Kier alpha value is -2.70. The minimum absolute atomic E-state index is 0.0464. The number of nitrogens with one attached hydrogen (secondary N) is 1. The summed E-state index contributed by atoms with van der Waals surface area (Å²) in [6.45, 7) is 2.03. The molecule has 4 aromatic rings. The molecule has 1 aliphatic heterocycles. The first-order chi connectivity index (χ1) is 19.7. The van der Waals surface area contributed by atoms with E-state index in [4.69, 9.17) is 44.3 Å². The van der Waals surface area contributed by atoms with Gasteiger partial charge in [0.1, 0.15) is 0 Å². The van der Waals surface area contributed by atoms with E-state index >= 15 is 0 Å². The molecule has 1 fully saturated rings. The summed E-state index contributed by atoms with van der Waals surface area (Å²) in [4.78, 5) is 12.2. The number of aromatic nitrogens is 4. The van der Waals surface area contributed by atoms with Crippen LogP contribution in [0.25, 0.3) is 5.69 Å². The highest BCUT2D eigenvalue weighted by Gasteiger charge is 2.39. The Balaban J connectivity index is 1.40. The van der Waals surface area contributed by atoms with Gasteiger partial charge in [-0.3, -0.25) is 4.79 Å². The highest BCUT2D eigenvalue weighted by molar-refractivity contribution is 7.99. The van der Waals surface area contributed by atoms with E-state index in [1.807, 2.05) is 60.7 Å². The lowest BCUT2D eigenvalue weighted by atomic mass is 9.91. The van der Waals surface area contributed by atoms with Gasteiger partial charge in [-0.15, -0.1) is 5.10 Å². The fraction of sp³-hybridized carbons (Fsp3) is 0.286. The van der Waals surface area contributed by atoms with Crippen LogP contribution < -0.4 is 5.32 Å². The van der Waals surface area contributed by atoms with E-state index in [2.05, 4.69) is 27.8 Å². The molecule has 1 amide bonds. The second kappa shape index (κ2) is 13.1. The molecule has 1 aromatic heterocycles. The molecule has 2 heterocycles. The van der Waals surface area contributed by atoms with Crippen molar-refractivity contribution in [2.75, 3.05) is 11.1 Å². The number of anilines is 1. The maximum absolute atomic E-state index is 12.2. The number of halogens is 3. The molecule has 1 aliphatic rings. The summed E-state index contributed by atoms with van der Waals surface area (Å²) in [6, 6.07) is 24.3. The smallest absolute Gasteiger partial charge is 0.276 e. The molecule has 13 heteroatoms. The van der Waals surface area contributed by atoms with Gasteiger partial charge in [-0.05, 0) is 45.8 Å². The van der Waals surface area contributed by atoms with E-state index in [9.17, 15) is 9.90 Å². The van der Waals surface area contributed by atoms with E-state index in [0.717, 1.165) is 16.8 Å². The first-order valence-corrected chi connectivity index (χ1v) is 14.8. The van der Waals surface area contributed by atoms with Crippen LogP contribution >= 0.6 is 46.6 Å². The minimum Gasteiger partial charge on any atom is -0.392 e. The van der Waals surface area contributed by atoms with Crippen LogP contribution in [0.4, 0.5) is 5.69 Å². The van der Waals surface area contributed by atoms with Gasteiger partial charge in [-0.2, -0.15) is 4.68 Å². The summed E-state index contributed by atoms with van der Waals surface area (Å²) in [6.07, 6.45) is -1.34. The topological polar surface area (TPSA) is 111 Å². The number of para-hydroxylation sites is 1. The van der Waals surface area contributed by atoms with Crippen molar-refractivity contribution >= 4 is 58.2 Å². The van der Waals surface area contributed by atoms with Crippen molar-refractivity contribution in [3.05, 3.63) is 95.6 Å². The number of amides is 1. The maximum Gasteiger partial charge on any atom is 0.276 e. The van der Waals surface area contributed by atoms with Crippen LogP contribution in [0.2, 0.25) is 0 Å². The van der Waals surface area contributed by atoms with E-state index < -0.39 is 16.0 Å². The average molecular weight is 635 g/mol. The van der Waals surface area contributed by atoms with E-state index in [1.54, 1.807) is 22.9 Å². The van der Waals surface area contributed by atoms with Crippen LogP contribution in [0.1, 0.15) is 36.0 Å². The SMILES string of the molecule is C[C@@H]1[C@H](CSc2nnnn2-c2ccccc2)O[C@H](c2cccc(NC(=O)C(Cl)(Cl)Cl)c2)O[C@@H]1c1ccc(CO)cc1. The number of aliphatic hydroxyl groups excluding tert-OH is 1. The first kappa shape index (κ1) is 29.8. The third-order valence-electron chi connectivity index (χ3n) is 6.62. The largest absolute Gasteiger partial charge is 0.392 e. The number of thioether (sulfide) groups is 1. The number of alkyl halides is 3. The fourth-order valence-corrected chi connectivity index (χ4v) is 5.63. The molecule has 0 spiro atoms. The van der Waals surface area contributed by atoms with E-state index in [-0.39, 0.29) is 24.7 Å². The summed E-state index contributed by atoms with van der Waals surface area (Å²) in [5.74, 6) is -0.276. The molecule has 41 heavy (non-hydrogen) atoms. The molecule has 0 unspecified atom stereocenters. The number of ether oxygens (including phenoxy) is 2. The highest BCUT2D eigenvalue weighted by Crippen LogP contribution is 2.43. The predicted octanol–water partition coefficient (Wildman–Crippen LogP) is 6.05. The number of nitrogens with zero attached hydrogens (tertiary/aromatic N) is 4. The molecule has 3 aromatic carbocycles. The van der Waals surface area contributed by atoms with Gasteiger partial charge in [0.15, 0.2) is 6.29 Å². The summed E-state index contributed by atoms with van der Waals surface area (Å²) < 4.78 is 12.6. The van der Waals surface area contributed by atoms with Crippen molar-refractivity contribution in [3.63, 3.8) is 0 Å². The fourth-order valence-electron chi connectivity index (χ4n) is 4.43. The number of aliphatic hydroxyl groups is 1. The number of carbonyl (C=O) groups is 1. The summed E-state index contributed by atoms with van der Waals surface area (Å²) in [7, 11) is 0.